The number of rotatable bonds is 6. The van der Waals surface area contributed by atoms with Crippen LogP contribution in [0, 0.1) is 6.92 Å². The molecule has 0 aliphatic rings. The van der Waals surface area contributed by atoms with E-state index in [0.29, 0.717) is 6.61 Å². The van der Waals surface area contributed by atoms with Gasteiger partial charge in [-0.2, -0.15) is 5.10 Å². The summed E-state index contributed by atoms with van der Waals surface area (Å²) < 4.78 is 8.03. The number of hydrogen-bond donors (Lipinski definition) is 1. The van der Waals surface area contributed by atoms with Gasteiger partial charge in [0.2, 0.25) is 0 Å². The average molecular weight is 287 g/mol. The molecule has 0 amide bonds. The van der Waals surface area contributed by atoms with Gasteiger partial charge in [0, 0.05) is 18.2 Å². The fourth-order valence-electron chi connectivity index (χ4n) is 2.37. The summed E-state index contributed by atoms with van der Waals surface area (Å²) in [6, 6.07) is 8.24. The second-order valence-electron chi connectivity index (χ2n) is 5.41. The monoisotopic (exact) mass is 287 g/mol. The molecule has 0 saturated heterocycles. The van der Waals surface area contributed by atoms with Gasteiger partial charge in [0.05, 0.1) is 11.4 Å². The number of ether oxygens (including phenoxy) is 1. The molecule has 2 aromatic rings. The van der Waals surface area contributed by atoms with Crippen LogP contribution in [-0.4, -0.2) is 9.78 Å². The van der Waals surface area contributed by atoms with Crippen molar-refractivity contribution in [2.75, 3.05) is 0 Å². The largest absolute Gasteiger partial charge is 0.487 e. The number of nitrogens with two attached hydrogens (primary N) is 1. The van der Waals surface area contributed by atoms with Crippen LogP contribution in [0.3, 0.4) is 0 Å². The Kier molecular flexibility index (Phi) is 5.02. The zero-order valence-electron chi connectivity index (χ0n) is 13.4. The molecule has 4 heteroatoms. The third-order valence-electron chi connectivity index (χ3n) is 3.61. The molecule has 1 atom stereocenters. The SMILES string of the molecule is CCc1cc(COc2cc(C)ccc2[C@@H](C)N)n(CC)n1. The quantitative estimate of drug-likeness (QED) is 0.886. The molecule has 0 spiro atoms. The van der Waals surface area contributed by atoms with Crippen LogP contribution in [0.1, 0.15) is 49.3 Å². The predicted molar refractivity (Wildman–Crippen MR) is 85.4 cm³/mol. The molecule has 2 rings (SSSR count). The minimum absolute atomic E-state index is 0.0390. The summed E-state index contributed by atoms with van der Waals surface area (Å²) in [5.41, 5.74) is 10.4. The van der Waals surface area contributed by atoms with Crippen molar-refractivity contribution in [3.63, 3.8) is 0 Å². The van der Waals surface area contributed by atoms with Crippen LogP contribution in [0.15, 0.2) is 24.3 Å². The molecule has 0 radical (unpaired) electrons. The summed E-state index contributed by atoms with van der Waals surface area (Å²) in [6.07, 6.45) is 0.940. The summed E-state index contributed by atoms with van der Waals surface area (Å²) in [5.74, 6) is 0.868. The van der Waals surface area contributed by atoms with Gasteiger partial charge in [-0.15, -0.1) is 0 Å². The van der Waals surface area contributed by atoms with Crippen LogP contribution in [0.4, 0.5) is 0 Å². The lowest BCUT2D eigenvalue weighted by atomic mass is 10.1. The maximum Gasteiger partial charge on any atom is 0.130 e. The Bertz CT molecular complexity index is 602. The highest BCUT2D eigenvalue weighted by molar-refractivity contribution is 5.39. The first-order valence-electron chi connectivity index (χ1n) is 7.59. The lowest BCUT2D eigenvalue weighted by molar-refractivity contribution is 0.288. The van der Waals surface area contributed by atoms with Crippen molar-refractivity contribution >= 4 is 0 Å². The van der Waals surface area contributed by atoms with E-state index in [-0.39, 0.29) is 6.04 Å². The second-order valence-corrected chi connectivity index (χ2v) is 5.41. The maximum atomic E-state index is 6.02. The van der Waals surface area contributed by atoms with Crippen molar-refractivity contribution in [3.05, 3.63) is 46.8 Å². The zero-order valence-corrected chi connectivity index (χ0v) is 13.4. The number of aromatic nitrogens is 2. The third kappa shape index (κ3) is 3.64. The molecule has 0 saturated carbocycles. The van der Waals surface area contributed by atoms with Gasteiger partial charge in [0.1, 0.15) is 12.4 Å². The van der Waals surface area contributed by atoms with E-state index in [1.165, 1.54) is 5.56 Å². The fraction of sp³-hybridized carbons (Fsp3) is 0.471. The molecule has 1 heterocycles. The van der Waals surface area contributed by atoms with Gasteiger partial charge in [-0.3, -0.25) is 4.68 Å². The van der Waals surface area contributed by atoms with Gasteiger partial charge >= 0.3 is 0 Å². The lowest BCUT2D eigenvalue weighted by Gasteiger charge is -2.15. The van der Waals surface area contributed by atoms with Crippen LogP contribution in [-0.2, 0) is 19.6 Å². The second kappa shape index (κ2) is 6.76. The van der Waals surface area contributed by atoms with E-state index in [9.17, 15) is 0 Å². The topological polar surface area (TPSA) is 53.1 Å². The highest BCUT2D eigenvalue weighted by Crippen LogP contribution is 2.26. The Labute approximate surface area is 126 Å². The molecular weight excluding hydrogens is 262 g/mol. The van der Waals surface area contributed by atoms with E-state index in [4.69, 9.17) is 10.5 Å². The van der Waals surface area contributed by atoms with Gasteiger partial charge in [-0.05, 0) is 44.9 Å². The molecule has 0 aliphatic carbocycles. The molecule has 2 N–H and O–H groups in total. The number of nitrogens with zero attached hydrogens (tertiary/aromatic N) is 2. The van der Waals surface area contributed by atoms with Crippen LogP contribution in [0.25, 0.3) is 0 Å². The molecule has 21 heavy (non-hydrogen) atoms. The van der Waals surface area contributed by atoms with E-state index in [0.717, 1.165) is 35.7 Å². The molecule has 4 nitrogen and oxygen atoms in total. The van der Waals surface area contributed by atoms with E-state index < -0.39 is 0 Å². The van der Waals surface area contributed by atoms with Gasteiger partial charge in [-0.25, -0.2) is 0 Å². The summed E-state index contributed by atoms with van der Waals surface area (Å²) >= 11 is 0. The molecule has 0 bridgehead atoms. The Morgan fingerprint density at radius 2 is 2.05 bits per heavy atom. The first kappa shape index (κ1) is 15.6. The molecular formula is C17H25N3O. The fourth-order valence-corrected chi connectivity index (χ4v) is 2.37. The molecule has 1 aromatic carbocycles. The number of benzene rings is 1. The Balaban J connectivity index is 2.19. The summed E-state index contributed by atoms with van der Waals surface area (Å²) in [7, 11) is 0. The zero-order chi connectivity index (χ0) is 15.4. The summed E-state index contributed by atoms with van der Waals surface area (Å²) in [4.78, 5) is 0. The van der Waals surface area contributed by atoms with Crippen LogP contribution < -0.4 is 10.5 Å². The molecule has 114 valence electrons. The maximum absolute atomic E-state index is 6.02. The van der Waals surface area contributed by atoms with Crippen molar-refractivity contribution in [2.24, 2.45) is 5.73 Å². The highest BCUT2D eigenvalue weighted by atomic mass is 16.5. The molecule has 0 fully saturated rings. The predicted octanol–water partition coefficient (Wildman–Crippen LogP) is 3.37. The van der Waals surface area contributed by atoms with Crippen molar-refractivity contribution in [1.29, 1.82) is 0 Å². The first-order chi connectivity index (χ1) is 10.0. The van der Waals surface area contributed by atoms with Crippen molar-refractivity contribution in [1.82, 2.24) is 9.78 Å². The first-order valence-corrected chi connectivity index (χ1v) is 7.59. The molecule has 1 aromatic heterocycles. The van der Waals surface area contributed by atoms with E-state index in [2.05, 4.69) is 38.0 Å². The summed E-state index contributed by atoms with van der Waals surface area (Å²) in [6.45, 7) is 9.61. The Morgan fingerprint density at radius 1 is 1.29 bits per heavy atom. The van der Waals surface area contributed by atoms with Gasteiger partial charge in [0.15, 0.2) is 0 Å². The molecule has 0 unspecified atom stereocenters. The minimum atomic E-state index is -0.0390. The van der Waals surface area contributed by atoms with Crippen LogP contribution >= 0.6 is 0 Å². The van der Waals surface area contributed by atoms with Crippen molar-refractivity contribution < 1.29 is 4.74 Å². The van der Waals surface area contributed by atoms with Crippen LogP contribution in [0.5, 0.6) is 5.75 Å². The average Bonchev–Trinajstić information content (AvgIpc) is 2.87. The van der Waals surface area contributed by atoms with E-state index >= 15 is 0 Å². The smallest absolute Gasteiger partial charge is 0.130 e. The minimum Gasteiger partial charge on any atom is -0.487 e. The number of aryl methyl sites for hydroxylation is 3. The standard InChI is InChI=1S/C17H25N3O/c1-5-14-10-15(20(6-2)19-14)11-21-17-9-12(3)7-8-16(17)13(4)18/h7-10,13H,5-6,11,18H2,1-4H3/t13-/m1/s1. The summed E-state index contributed by atoms with van der Waals surface area (Å²) in [5, 5.41) is 4.55. The van der Waals surface area contributed by atoms with Crippen LogP contribution in [0.2, 0.25) is 0 Å². The van der Waals surface area contributed by atoms with E-state index in [1.807, 2.05) is 23.7 Å². The highest BCUT2D eigenvalue weighted by Gasteiger charge is 2.11. The van der Waals surface area contributed by atoms with E-state index in [1.54, 1.807) is 0 Å². The Hall–Kier alpha value is -1.81. The van der Waals surface area contributed by atoms with Gasteiger partial charge < -0.3 is 10.5 Å². The third-order valence-corrected chi connectivity index (χ3v) is 3.61. The molecule has 0 aliphatic heterocycles. The van der Waals surface area contributed by atoms with Gasteiger partial charge in [0.25, 0.3) is 0 Å². The number of hydrogen-bond acceptors (Lipinski definition) is 3. The van der Waals surface area contributed by atoms with Crippen molar-refractivity contribution in [2.45, 2.75) is 53.3 Å². The Morgan fingerprint density at radius 3 is 2.67 bits per heavy atom. The van der Waals surface area contributed by atoms with Gasteiger partial charge in [-0.1, -0.05) is 19.1 Å². The normalized spacial score (nSPS) is 12.4. The lowest BCUT2D eigenvalue weighted by Crippen LogP contribution is -2.10. The van der Waals surface area contributed by atoms with Crippen molar-refractivity contribution in [3.8, 4) is 5.75 Å².